The summed E-state index contributed by atoms with van der Waals surface area (Å²) in [6, 6.07) is 4.05. The molecule has 18 heavy (non-hydrogen) atoms. The fraction of sp³-hybridized carbons (Fsp3) is 0.615. The number of rotatable bonds is 3. The van der Waals surface area contributed by atoms with Crippen molar-refractivity contribution in [3.05, 3.63) is 23.7 Å². The third-order valence-corrected chi connectivity index (χ3v) is 3.56. The van der Waals surface area contributed by atoms with Gasteiger partial charge >= 0.3 is 0 Å². The Labute approximate surface area is 108 Å². The van der Waals surface area contributed by atoms with E-state index in [0.717, 1.165) is 25.9 Å². The van der Waals surface area contributed by atoms with Crippen LogP contribution in [0.4, 0.5) is 0 Å². The van der Waals surface area contributed by atoms with Crippen LogP contribution in [0.5, 0.6) is 0 Å². The van der Waals surface area contributed by atoms with Crippen LogP contribution in [0.3, 0.4) is 0 Å². The molecule has 1 aromatic heterocycles. The quantitative estimate of drug-likeness (QED) is 0.867. The Morgan fingerprint density at radius 3 is 2.61 bits per heavy atom. The highest BCUT2D eigenvalue weighted by Crippen LogP contribution is 2.17. The largest absolute Gasteiger partial charge is 0.455 e. The number of carbonyl (C=O) groups excluding carboxylic acids is 1. The van der Waals surface area contributed by atoms with Crippen LogP contribution in [0, 0.1) is 0 Å². The fourth-order valence-corrected chi connectivity index (χ4v) is 2.34. The van der Waals surface area contributed by atoms with Crippen molar-refractivity contribution >= 4 is 5.91 Å². The third-order valence-electron chi connectivity index (χ3n) is 3.56. The van der Waals surface area contributed by atoms with Gasteiger partial charge in [0, 0.05) is 19.1 Å². The zero-order valence-corrected chi connectivity index (χ0v) is 11.1. The zero-order valence-electron chi connectivity index (χ0n) is 11.1. The number of nitrogens with zero attached hydrogens (tertiary/aromatic N) is 2. The normalized spacial score (nSPS) is 17.4. The van der Waals surface area contributed by atoms with Gasteiger partial charge in [-0.15, -0.1) is 0 Å². The molecule has 0 saturated carbocycles. The van der Waals surface area contributed by atoms with Crippen molar-refractivity contribution in [2.24, 2.45) is 5.73 Å². The molecule has 2 rings (SSSR count). The molecule has 0 aliphatic carbocycles. The van der Waals surface area contributed by atoms with E-state index in [4.69, 9.17) is 10.2 Å². The molecule has 1 aliphatic heterocycles. The van der Waals surface area contributed by atoms with Crippen molar-refractivity contribution in [2.45, 2.75) is 25.4 Å². The highest BCUT2D eigenvalue weighted by atomic mass is 16.4. The van der Waals surface area contributed by atoms with Gasteiger partial charge in [0.15, 0.2) is 5.76 Å². The van der Waals surface area contributed by atoms with Crippen LogP contribution in [0.15, 0.2) is 16.5 Å². The number of hydrogen-bond acceptors (Lipinski definition) is 4. The lowest BCUT2D eigenvalue weighted by Gasteiger charge is -2.34. The molecule has 1 aromatic rings. The molecule has 100 valence electrons. The first-order valence-electron chi connectivity index (χ1n) is 6.36. The number of piperidine rings is 1. The van der Waals surface area contributed by atoms with Crippen LogP contribution in [0.2, 0.25) is 0 Å². The van der Waals surface area contributed by atoms with Gasteiger partial charge in [-0.25, -0.2) is 0 Å². The molecule has 1 fully saturated rings. The molecule has 0 atom stereocenters. The molecule has 1 saturated heterocycles. The maximum absolute atomic E-state index is 12.2. The predicted octanol–water partition coefficient (Wildman–Crippen LogP) is 0.904. The number of amides is 1. The second kappa shape index (κ2) is 5.54. The van der Waals surface area contributed by atoms with E-state index in [1.165, 1.54) is 0 Å². The van der Waals surface area contributed by atoms with Gasteiger partial charge in [0.2, 0.25) is 0 Å². The minimum absolute atomic E-state index is 0.0214. The van der Waals surface area contributed by atoms with Gasteiger partial charge in [0.1, 0.15) is 5.76 Å². The summed E-state index contributed by atoms with van der Waals surface area (Å²) in [4.78, 5) is 16.3. The van der Waals surface area contributed by atoms with Crippen LogP contribution in [-0.4, -0.2) is 48.9 Å². The Kier molecular flexibility index (Phi) is 4.04. The highest BCUT2D eigenvalue weighted by molar-refractivity contribution is 5.91. The highest BCUT2D eigenvalue weighted by Gasteiger charge is 2.26. The summed E-state index contributed by atoms with van der Waals surface area (Å²) >= 11 is 0. The Morgan fingerprint density at radius 2 is 2.11 bits per heavy atom. The van der Waals surface area contributed by atoms with Crippen molar-refractivity contribution < 1.29 is 9.21 Å². The van der Waals surface area contributed by atoms with E-state index in [1.807, 2.05) is 4.90 Å². The Morgan fingerprint density at radius 1 is 1.44 bits per heavy atom. The minimum Gasteiger partial charge on any atom is -0.455 e. The van der Waals surface area contributed by atoms with E-state index >= 15 is 0 Å². The lowest BCUT2D eigenvalue weighted by Crippen LogP contribution is -2.44. The number of hydrogen-bond donors (Lipinski definition) is 1. The van der Waals surface area contributed by atoms with E-state index in [9.17, 15) is 4.79 Å². The second-order valence-electron chi connectivity index (χ2n) is 4.96. The summed E-state index contributed by atoms with van der Waals surface area (Å²) in [7, 11) is 4.17. The maximum atomic E-state index is 12.2. The van der Waals surface area contributed by atoms with Crippen LogP contribution < -0.4 is 5.73 Å². The summed E-state index contributed by atoms with van der Waals surface area (Å²) < 4.78 is 5.40. The molecule has 0 unspecified atom stereocenters. The van der Waals surface area contributed by atoms with Crippen molar-refractivity contribution in [1.82, 2.24) is 9.80 Å². The molecular weight excluding hydrogens is 230 g/mol. The van der Waals surface area contributed by atoms with E-state index < -0.39 is 0 Å². The van der Waals surface area contributed by atoms with Gasteiger partial charge in [0.05, 0.1) is 6.54 Å². The number of carbonyl (C=O) groups is 1. The van der Waals surface area contributed by atoms with Gasteiger partial charge < -0.3 is 20.0 Å². The molecule has 5 nitrogen and oxygen atoms in total. The summed E-state index contributed by atoms with van der Waals surface area (Å²) in [5.41, 5.74) is 5.47. The van der Waals surface area contributed by atoms with Crippen LogP contribution >= 0.6 is 0 Å². The average molecular weight is 251 g/mol. The van der Waals surface area contributed by atoms with Crippen LogP contribution in [-0.2, 0) is 6.54 Å². The molecule has 5 heteroatoms. The molecular formula is C13H21N3O2. The molecule has 0 bridgehead atoms. The Balaban J connectivity index is 1.95. The van der Waals surface area contributed by atoms with Crippen LogP contribution in [0.25, 0.3) is 0 Å². The average Bonchev–Trinajstić information content (AvgIpc) is 2.86. The van der Waals surface area contributed by atoms with Crippen molar-refractivity contribution in [1.29, 1.82) is 0 Å². The molecule has 2 heterocycles. The SMILES string of the molecule is CN(C)C1CCN(C(=O)c2ccc(CN)o2)CC1. The second-order valence-corrected chi connectivity index (χ2v) is 4.96. The summed E-state index contributed by atoms with van der Waals surface area (Å²) in [6.07, 6.45) is 2.03. The molecule has 1 amide bonds. The smallest absolute Gasteiger partial charge is 0.289 e. The zero-order chi connectivity index (χ0) is 13.1. The van der Waals surface area contributed by atoms with Gasteiger partial charge in [0.25, 0.3) is 5.91 Å². The lowest BCUT2D eigenvalue weighted by molar-refractivity contribution is 0.0630. The van der Waals surface area contributed by atoms with Gasteiger partial charge in [-0.05, 0) is 39.1 Å². The van der Waals surface area contributed by atoms with Crippen LogP contribution in [0.1, 0.15) is 29.2 Å². The molecule has 0 radical (unpaired) electrons. The summed E-state index contributed by atoms with van der Waals surface area (Å²) in [5.74, 6) is 1.03. The first-order valence-corrected chi connectivity index (χ1v) is 6.36. The first-order chi connectivity index (χ1) is 8.61. The van der Waals surface area contributed by atoms with E-state index in [1.54, 1.807) is 12.1 Å². The monoisotopic (exact) mass is 251 g/mol. The van der Waals surface area contributed by atoms with Gasteiger partial charge in [-0.2, -0.15) is 0 Å². The third kappa shape index (κ3) is 2.73. The van der Waals surface area contributed by atoms with Crippen molar-refractivity contribution in [3.63, 3.8) is 0 Å². The minimum atomic E-state index is -0.0214. The Bertz CT molecular complexity index is 406. The topological polar surface area (TPSA) is 62.7 Å². The predicted molar refractivity (Wildman–Crippen MR) is 69.2 cm³/mol. The number of nitrogens with two attached hydrogens (primary N) is 1. The molecule has 0 aromatic carbocycles. The van der Waals surface area contributed by atoms with E-state index in [-0.39, 0.29) is 5.91 Å². The molecule has 1 aliphatic rings. The fourth-order valence-electron chi connectivity index (χ4n) is 2.34. The lowest BCUT2D eigenvalue weighted by atomic mass is 10.0. The van der Waals surface area contributed by atoms with E-state index in [0.29, 0.717) is 24.1 Å². The maximum Gasteiger partial charge on any atom is 0.289 e. The van der Waals surface area contributed by atoms with Crippen molar-refractivity contribution in [2.75, 3.05) is 27.2 Å². The van der Waals surface area contributed by atoms with Crippen molar-refractivity contribution in [3.8, 4) is 0 Å². The number of likely N-dealkylation sites (tertiary alicyclic amines) is 1. The van der Waals surface area contributed by atoms with E-state index in [2.05, 4.69) is 19.0 Å². The number of furan rings is 1. The molecule has 0 spiro atoms. The summed E-state index contributed by atoms with van der Waals surface area (Å²) in [6.45, 7) is 1.91. The summed E-state index contributed by atoms with van der Waals surface area (Å²) in [5, 5.41) is 0. The van der Waals surface area contributed by atoms with Gasteiger partial charge in [-0.1, -0.05) is 0 Å². The van der Waals surface area contributed by atoms with Gasteiger partial charge in [-0.3, -0.25) is 4.79 Å². The standard InChI is InChI=1S/C13H21N3O2/c1-15(2)10-5-7-16(8-6-10)13(17)12-4-3-11(9-14)18-12/h3-4,10H,5-9,14H2,1-2H3. The first kappa shape index (κ1) is 13.1. The molecule has 2 N–H and O–H groups in total. The Hall–Kier alpha value is -1.33.